The van der Waals surface area contributed by atoms with Crippen molar-refractivity contribution in [2.45, 2.75) is 6.04 Å². The minimum Gasteiger partial charge on any atom is -0.491 e. The number of methoxy groups -OCH3 is 1. The molecule has 0 saturated heterocycles. The van der Waals surface area contributed by atoms with Crippen molar-refractivity contribution in [1.29, 1.82) is 0 Å². The summed E-state index contributed by atoms with van der Waals surface area (Å²) >= 11 is 0. The van der Waals surface area contributed by atoms with E-state index in [-0.39, 0.29) is 24.9 Å². The van der Waals surface area contributed by atoms with E-state index in [9.17, 15) is 4.79 Å². The normalized spacial score (nSPS) is 11.5. The Morgan fingerprint density at radius 1 is 1.23 bits per heavy atom. The van der Waals surface area contributed by atoms with E-state index < -0.39 is 6.04 Å². The van der Waals surface area contributed by atoms with Crippen molar-refractivity contribution in [2.75, 3.05) is 26.9 Å². The molecule has 0 aliphatic rings. The van der Waals surface area contributed by atoms with E-state index in [0.29, 0.717) is 13.2 Å². The van der Waals surface area contributed by atoms with Crippen LogP contribution in [0.25, 0.3) is 10.8 Å². The van der Waals surface area contributed by atoms with Gasteiger partial charge >= 0.3 is 0 Å². The second kappa shape index (κ2) is 9.25. The lowest BCUT2D eigenvalue weighted by Crippen LogP contribution is -2.44. The number of benzene rings is 2. The zero-order valence-corrected chi connectivity index (χ0v) is 13.3. The number of carbonyl (C=O) groups excluding carboxylic acids is 1. The van der Waals surface area contributed by atoms with Crippen LogP contribution in [0.4, 0.5) is 0 Å². The predicted molar refractivity (Wildman–Crippen MR) is 89.6 cm³/mol. The van der Waals surface area contributed by atoms with Crippen LogP contribution >= 0.6 is 12.4 Å². The van der Waals surface area contributed by atoms with E-state index in [1.165, 1.54) is 7.11 Å². The molecule has 1 atom stereocenters. The third kappa shape index (κ3) is 4.87. The zero-order chi connectivity index (χ0) is 15.1. The highest BCUT2D eigenvalue weighted by molar-refractivity contribution is 5.88. The lowest BCUT2D eigenvalue weighted by Gasteiger charge is -2.12. The van der Waals surface area contributed by atoms with Gasteiger partial charge in [0.2, 0.25) is 5.91 Å². The first-order valence-corrected chi connectivity index (χ1v) is 6.85. The Hall–Kier alpha value is -1.82. The number of amides is 1. The van der Waals surface area contributed by atoms with Crippen molar-refractivity contribution in [3.05, 3.63) is 42.5 Å². The monoisotopic (exact) mass is 324 g/mol. The lowest BCUT2D eigenvalue weighted by molar-refractivity contribution is -0.123. The third-order valence-corrected chi connectivity index (χ3v) is 3.09. The highest BCUT2D eigenvalue weighted by atomic mass is 35.5. The number of nitrogens with two attached hydrogens (primary N) is 1. The second-order valence-corrected chi connectivity index (χ2v) is 4.68. The lowest BCUT2D eigenvalue weighted by atomic mass is 10.1. The Balaban J connectivity index is 0.00000242. The predicted octanol–water partition coefficient (Wildman–Crippen LogP) is 1.73. The molecule has 0 aromatic heterocycles. The Bertz CT molecular complexity index is 601. The van der Waals surface area contributed by atoms with Crippen molar-refractivity contribution in [2.24, 2.45) is 5.73 Å². The Morgan fingerprint density at radius 2 is 1.95 bits per heavy atom. The minimum atomic E-state index is -0.646. The fourth-order valence-electron chi connectivity index (χ4n) is 2.04. The van der Waals surface area contributed by atoms with Crippen LogP contribution in [0.3, 0.4) is 0 Å². The summed E-state index contributed by atoms with van der Waals surface area (Å²) in [4.78, 5) is 11.6. The molecule has 1 amide bonds. The van der Waals surface area contributed by atoms with Crippen molar-refractivity contribution in [3.8, 4) is 5.75 Å². The van der Waals surface area contributed by atoms with Crippen LogP contribution in [0.1, 0.15) is 0 Å². The van der Waals surface area contributed by atoms with E-state index in [0.717, 1.165) is 16.5 Å². The van der Waals surface area contributed by atoms with E-state index in [2.05, 4.69) is 5.32 Å². The summed E-state index contributed by atoms with van der Waals surface area (Å²) in [5.41, 5.74) is 5.62. The summed E-state index contributed by atoms with van der Waals surface area (Å²) in [6.45, 7) is 0.995. The fraction of sp³-hybridized carbons (Fsp3) is 0.312. The molecule has 3 N–H and O–H groups in total. The van der Waals surface area contributed by atoms with Gasteiger partial charge in [-0.05, 0) is 11.5 Å². The van der Waals surface area contributed by atoms with Gasteiger partial charge in [-0.3, -0.25) is 4.79 Å². The summed E-state index contributed by atoms with van der Waals surface area (Å²) < 4.78 is 10.6. The topological polar surface area (TPSA) is 73.6 Å². The standard InChI is InChI=1S/C16H20N2O3.ClH/c1-20-11-14(17)16(19)18-9-10-21-15-8-4-6-12-5-2-3-7-13(12)15;/h2-8,14H,9-11,17H2,1H3,(H,18,19);1H. The SMILES string of the molecule is COCC(N)C(=O)NCCOc1cccc2ccccc12.Cl. The quantitative estimate of drug-likeness (QED) is 0.761. The smallest absolute Gasteiger partial charge is 0.239 e. The number of hydrogen-bond acceptors (Lipinski definition) is 4. The number of rotatable bonds is 7. The van der Waals surface area contributed by atoms with Gasteiger partial charge in [0.05, 0.1) is 13.2 Å². The van der Waals surface area contributed by atoms with Gasteiger partial charge in [-0.1, -0.05) is 36.4 Å². The summed E-state index contributed by atoms with van der Waals surface area (Å²) in [7, 11) is 1.51. The van der Waals surface area contributed by atoms with Gasteiger partial charge in [-0.2, -0.15) is 0 Å². The van der Waals surface area contributed by atoms with Crippen molar-refractivity contribution >= 4 is 29.1 Å². The van der Waals surface area contributed by atoms with Crippen LogP contribution in [0.15, 0.2) is 42.5 Å². The number of hydrogen-bond donors (Lipinski definition) is 2. The molecule has 0 spiro atoms. The molecule has 6 heteroatoms. The molecule has 0 aliphatic heterocycles. The third-order valence-electron chi connectivity index (χ3n) is 3.09. The molecule has 2 aromatic carbocycles. The van der Waals surface area contributed by atoms with Gasteiger partial charge in [0, 0.05) is 12.5 Å². The highest BCUT2D eigenvalue weighted by Crippen LogP contribution is 2.24. The Morgan fingerprint density at radius 3 is 2.73 bits per heavy atom. The van der Waals surface area contributed by atoms with E-state index in [4.69, 9.17) is 15.2 Å². The first-order chi connectivity index (χ1) is 10.2. The van der Waals surface area contributed by atoms with Crippen LogP contribution in [-0.4, -0.2) is 38.8 Å². The Kier molecular flexibility index (Phi) is 7.66. The Labute approximate surface area is 136 Å². The van der Waals surface area contributed by atoms with E-state index in [1.54, 1.807) is 0 Å². The highest BCUT2D eigenvalue weighted by Gasteiger charge is 2.11. The molecular formula is C16H21ClN2O3. The van der Waals surface area contributed by atoms with Gasteiger partial charge in [0.15, 0.2) is 0 Å². The number of fused-ring (bicyclic) bond motifs is 1. The average molecular weight is 325 g/mol. The molecule has 2 aromatic rings. The molecule has 1 unspecified atom stereocenters. The maximum Gasteiger partial charge on any atom is 0.239 e. The summed E-state index contributed by atoms with van der Waals surface area (Å²) in [6.07, 6.45) is 0. The maximum absolute atomic E-state index is 11.6. The summed E-state index contributed by atoms with van der Waals surface area (Å²) in [5.74, 6) is 0.571. The number of carbonyl (C=O) groups is 1. The van der Waals surface area contributed by atoms with Crippen molar-refractivity contribution in [1.82, 2.24) is 5.32 Å². The molecule has 0 radical (unpaired) electrons. The van der Waals surface area contributed by atoms with Gasteiger partial charge in [-0.15, -0.1) is 12.4 Å². The van der Waals surface area contributed by atoms with Crippen LogP contribution in [-0.2, 0) is 9.53 Å². The van der Waals surface area contributed by atoms with Gasteiger partial charge in [-0.25, -0.2) is 0 Å². The van der Waals surface area contributed by atoms with Gasteiger partial charge in [0.25, 0.3) is 0 Å². The summed E-state index contributed by atoms with van der Waals surface area (Å²) in [5, 5.41) is 4.90. The molecule has 0 aliphatic carbocycles. The molecule has 0 heterocycles. The number of halogens is 1. The zero-order valence-electron chi connectivity index (χ0n) is 12.5. The molecule has 5 nitrogen and oxygen atoms in total. The first kappa shape index (κ1) is 18.2. The maximum atomic E-state index is 11.6. The number of ether oxygens (including phenoxy) is 2. The number of nitrogens with one attached hydrogen (secondary N) is 1. The molecular weight excluding hydrogens is 304 g/mol. The molecule has 2 rings (SSSR count). The van der Waals surface area contributed by atoms with Crippen LogP contribution in [0.2, 0.25) is 0 Å². The molecule has 0 fully saturated rings. The largest absolute Gasteiger partial charge is 0.491 e. The van der Waals surface area contributed by atoms with Gasteiger partial charge < -0.3 is 20.5 Å². The van der Waals surface area contributed by atoms with E-state index in [1.807, 2.05) is 42.5 Å². The second-order valence-electron chi connectivity index (χ2n) is 4.68. The van der Waals surface area contributed by atoms with Crippen molar-refractivity contribution < 1.29 is 14.3 Å². The van der Waals surface area contributed by atoms with Crippen LogP contribution in [0.5, 0.6) is 5.75 Å². The van der Waals surface area contributed by atoms with Gasteiger partial charge in [0.1, 0.15) is 18.4 Å². The average Bonchev–Trinajstić information content (AvgIpc) is 2.51. The van der Waals surface area contributed by atoms with Crippen molar-refractivity contribution in [3.63, 3.8) is 0 Å². The first-order valence-electron chi connectivity index (χ1n) is 6.85. The molecule has 0 saturated carbocycles. The fourth-order valence-corrected chi connectivity index (χ4v) is 2.04. The molecule has 0 bridgehead atoms. The molecule has 120 valence electrons. The molecule has 22 heavy (non-hydrogen) atoms. The van der Waals surface area contributed by atoms with Crippen LogP contribution in [0, 0.1) is 0 Å². The summed E-state index contributed by atoms with van der Waals surface area (Å²) in [6, 6.07) is 13.3. The minimum absolute atomic E-state index is 0. The van der Waals surface area contributed by atoms with Crippen LogP contribution < -0.4 is 15.8 Å². The van der Waals surface area contributed by atoms with E-state index >= 15 is 0 Å².